The van der Waals surface area contributed by atoms with Crippen molar-refractivity contribution in [3.63, 3.8) is 0 Å². The Balaban J connectivity index is 1.73. The molecule has 20 heavy (non-hydrogen) atoms. The lowest BCUT2D eigenvalue weighted by atomic mass is 9.84. The molecule has 5 heteroatoms. The summed E-state index contributed by atoms with van der Waals surface area (Å²) in [7, 11) is 4.30. The highest BCUT2D eigenvalue weighted by atomic mass is 16.7. The zero-order valence-electron chi connectivity index (χ0n) is 12.9. The second-order valence-corrected chi connectivity index (χ2v) is 6.41. The number of likely N-dealkylation sites (N-methyl/N-ethyl adjacent to an activating group) is 2. The van der Waals surface area contributed by atoms with Gasteiger partial charge in [-0.05, 0) is 33.9 Å². The quantitative estimate of drug-likeness (QED) is 0.837. The van der Waals surface area contributed by atoms with E-state index < -0.39 is 0 Å². The van der Waals surface area contributed by atoms with Gasteiger partial charge in [0.2, 0.25) is 0 Å². The number of rotatable bonds is 3. The number of hydrogen-bond acceptors (Lipinski definition) is 5. The molecule has 5 nitrogen and oxygen atoms in total. The van der Waals surface area contributed by atoms with Crippen LogP contribution in [0, 0.1) is 0 Å². The van der Waals surface area contributed by atoms with Crippen LogP contribution in [0.25, 0.3) is 0 Å². The summed E-state index contributed by atoms with van der Waals surface area (Å²) in [6.45, 7) is 4.54. The maximum Gasteiger partial charge on any atom is 0.170 e. The third kappa shape index (κ3) is 2.62. The van der Waals surface area contributed by atoms with Crippen LogP contribution < -0.4 is 5.32 Å². The summed E-state index contributed by atoms with van der Waals surface area (Å²) in [5.41, 5.74) is 0. The van der Waals surface area contributed by atoms with Crippen LogP contribution in [0.5, 0.6) is 0 Å². The lowest BCUT2D eigenvalue weighted by molar-refractivity contribution is -0.194. The Morgan fingerprint density at radius 1 is 1.10 bits per heavy atom. The molecule has 0 aromatic heterocycles. The van der Waals surface area contributed by atoms with E-state index >= 15 is 0 Å². The van der Waals surface area contributed by atoms with E-state index in [4.69, 9.17) is 14.2 Å². The van der Waals surface area contributed by atoms with E-state index in [2.05, 4.69) is 31.2 Å². The van der Waals surface area contributed by atoms with Gasteiger partial charge in [-0.1, -0.05) is 0 Å². The average molecular weight is 284 g/mol. The van der Waals surface area contributed by atoms with Crippen molar-refractivity contribution >= 4 is 0 Å². The van der Waals surface area contributed by atoms with Gasteiger partial charge in [0.25, 0.3) is 0 Å². The Morgan fingerprint density at radius 2 is 1.85 bits per heavy atom. The summed E-state index contributed by atoms with van der Waals surface area (Å²) in [5, 5.41) is 3.49. The van der Waals surface area contributed by atoms with Crippen LogP contribution in [0.1, 0.15) is 32.6 Å². The highest BCUT2D eigenvalue weighted by Gasteiger charge is 2.47. The molecule has 0 bridgehead atoms. The molecule has 3 fully saturated rings. The minimum Gasteiger partial charge on any atom is -0.377 e. The van der Waals surface area contributed by atoms with E-state index in [9.17, 15) is 0 Å². The monoisotopic (exact) mass is 284 g/mol. The highest BCUT2D eigenvalue weighted by Crippen LogP contribution is 2.38. The summed E-state index contributed by atoms with van der Waals surface area (Å²) in [4.78, 5) is 2.50. The molecule has 0 amide bonds. The largest absolute Gasteiger partial charge is 0.377 e. The van der Waals surface area contributed by atoms with Crippen molar-refractivity contribution in [2.75, 3.05) is 33.9 Å². The highest BCUT2D eigenvalue weighted by molar-refractivity contribution is 4.98. The number of nitrogens with one attached hydrogen (secondary N) is 1. The summed E-state index contributed by atoms with van der Waals surface area (Å²) < 4.78 is 17.6. The number of nitrogens with zero attached hydrogens (tertiary/aromatic N) is 1. The van der Waals surface area contributed by atoms with Gasteiger partial charge in [-0.25, -0.2) is 0 Å². The van der Waals surface area contributed by atoms with Crippen molar-refractivity contribution in [1.29, 1.82) is 0 Å². The van der Waals surface area contributed by atoms with Crippen molar-refractivity contribution in [1.82, 2.24) is 10.2 Å². The first kappa shape index (κ1) is 14.7. The van der Waals surface area contributed by atoms with E-state index in [0.717, 1.165) is 45.5 Å². The van der Waals surface area contributed by atoms with Crippen molar-refractivity contribution in [2.45, 2.75) is 62.6 Å². The smallest absolute Gasteiger partial charge is 0.170 e. The first-order valence-corrected chi connectivity index (χ1v) is 7.94. The van der Waals surface area contributed by atoms with E-state index in [1.54, 1.807) is 0 Å². The fourth-order valence-corrected chi connectivity index (χ4v) is 4.16. The molecular weight excluding hydrogens is 256 g/mol. The molecule has 116 valence electrons. The first-order valence-electron chi connectivity index (χ1n) is 7.94. The molecule has 0 aromatic rings. The van der Waals surface area contributed by atoms with Crippen LogP contribution in [0.4, 0.5) is 0 Å². The fourth-order valence-electron chi connectivity index (χ4n) is 4.16. The Kier molecular flexibility index (Phi) is 4.34. The zero-order valence-corrected chi connectivity index (χ0v) is 12.9. The Hall–Kier alpha value is -0.200. The molecule has 4 atom stereocenters. The van der Waals surface area contributed by atoms with Crippen LogP contribution in [0.15, 0.2) is 0 Å². The SMILES string of the molecule is CNC1CCC2(CC1N(C)C1CCOC1C)OCCO2. The Morgan fingerprint density at radius 3 is 2.45 bits per heavy atom. The Labute approximate surface area is 121 Å². The molecule has 1 aliphatic carbocycles. The van der Waals surface area contributed by atoms with E-state index in [1.165, 1.54) is 0 Å². The molecular formula is C15H28N2O3. The molecule has 3 aliphatic rings. The molecule has 1 N–H and O–H groups in total. The molecule has 2 heterocycles. The van der Waals surface area contributed by atoms with Crippen molar-refractivity contribution in [3.8, 4) is 0 Å². The molecule has 2 saturated heterocycles. The minimum atomic E-state index is -0.324. The van der Waals surface area contributed by atoms with Crippen LogP contribution in [0.2, 0.25) is 0 Å². The fraction of sp³-hybridized carbons (Fsp3) is 1.00. The third-order valence-corrected chi connectivity index (χ3v) is 5.39. The molecule has 0 aromatic carbocycles. The first-order chi connectivity index (χ1) is 9.65. The topological polar surface area (TPSA) is 43.0 Å². The molecule has 3 rings (SSSR count). The van der Waals surface area contributed by atoms with Gasteiger partial charge in [-0.15, -0.1) is 0 Å². The molecule has 1 spiro atoms. The summed E-state index contributed by atoms with van der Waals surface area (Å²) in [6.07, 6.45) is 4.51. The van der Waals surface area contributed by atoms with Crippen molar-refractivity contribution < 1.29 is 14.2 Å². The van der Waals surface area contributed by atoms with Gasteiger partial charge in [0, 0.05) is 37.6 Å². The number of hydrogen-bond donors (Lipinski definition) is 1. The zero-order chi connectivity index (χ0) is 14.2. The van der Waals surface area contributed by atoms with Crippen LogP contribution in [-0.4, -0.2) is 68.8 Å². The molecule has 2 aliphatic heterocycles. The van der Waals surface area contributed by atoms with E-state index in [0.29, 0.717) is 24.2 Å². The molecule has 4 unspecified atom stereocenters. The molecule has 1 saturated carbocycles. The van der Waals surface area contributed by atoms with Gasteiger partial charge >= 0.3 is 0 Å². The second-order valence-electron chi connectivity index (χ2n) is 6.41. The van der Waals surface area contributed by atoms with E-state index in [1.807, 2.05) is 0 Å². The lowest BCUT2D eigenvalue weighted by Gasteiger charge is -2.46. The Bertz CT molecular complexity index is 333. The third-order valence-electron chi connectivity index (χ3n) is 5.39. The van der Waals surface area contributed by atoms with Gasteiger partial charge < -0.3 is 19.5 Å². The molecule has 0 radical (unpaired) electrons. The average Bonchev–Trinajstić information content (AvgIpc) is 3.08. The van der Waals surface area contributed by atoms with Gasteiger partial charge in [-0.3, -0.25) is 4.90 Å². The normalized spacial score (nSPS) is 40.8. The predicted molar refractivity (Wildman–Crippen MR) is 76.7 cm³/mol. The standard InChI is InChI=1S/C15H28N2O3/c1-11-13(5-7-18-11)17(3)14-10-15(19-8-9-20-15)6-4-12(14)16-2/h11-14,16H,4-10H2,1-3H3. The van der Waals surface area contributed by atoms with Gasteiger partial charge in [-0.2, -0.15) is 0 Å². The van der Waals surface area contributed by atoms with Gasteiger partial charge in [0.05, 0.1) is 19.3 Å². The minimum absolute atomic E-state index is 0.320. The summed E-state index contributed by atoms with van der Waals surface area (Å²) >= 11 is 0. The van der Waals surface area contributed by atoms with Crippen LogP contribution in [0.3, 0.4) is 0 Å². The van der Waals surface area contributed by atoms with Crippen molar-refractivity contribution in [2.24, 2.45) is 0 Å². The van der Waals surface area contributed by atoms with Crippen LogP contribution >= 0.6 is 0 Å². The van der Waals surface area contributed by atoms with E-state index in [-0.39, 0.29) is 5.79 Å². The maximum atomic E-state index is 5.94. The van der Waals surface area contributed by atoms with Gasteiger partial charge in [0.15, 0.2) is 5.79 Å². The van der Waals surface area contributed by atoms with Crippen molar-refractivity contribution in [3.05, 3.63) is 0 Å². The van der Waals surface area contributed by atoms with Crippen LogP contribution in [-0.2, 0) is 14.2 Å². The maximum absolute atomic E-state index is 5.94. The number of ether oxygens (including phenoxy) is 3. The second kappa shape index (κ2) is 5.89. The summed E-state index contributed by atoms with van der Waals surface area (Å²) in [6, 6.07) is 1.46. The lowest BCUT2D eigenvalue weighted by Crippen LogP contribution is -2.59. The summed E-state index contributed by atoms with van der Waals surface area (Å²) in [5.74, 6) is -0.324. The predicted octanol–water partition coefficient (Wildman–Crippen LogP) is 0.979. The van der Waals surface area contributed by atoms with Gasteiger partial charge in [0.1, 0.15) is 0 Å².